The molecule has 0 saturated carbocycles. The van der Waals surface area contributed by atoms with Crippen LogP contribution in [0.15, 0.2) is 44.4 Å². The van der Waals surface area contributed by atoms with Crippen molar-refractivity contribution >= 4 is 38.6 Å². The molecule has 2 atom stereocenters. The summed E-state index contributed by atoms with van der Waals surface area (Å²) in [5, 5.41) is 0.603. The van der Waals surface area contributed by atoms with Crippen molar-refractivity contribution in [1.29, 1.82) is 0 Å². The maximum atomic E-state index is 14.1. The van der Waals surface area contributed by atoms with Crippen LogP contribution in [0.2, 0.25) is 0 Å². The molecule has 0 radical (unpaired) electrons. The van der Waals surface area contributed by atoms with E-state index >= 15 is 0 Å². The molecule has 2 aromatic rings. The first-order chi connectivity index (χ1) is 13.7. The van der Waals surface area contributed by atoms with Gasteiger partial charge >= 0.3 is 5.63 Å². The average Bonchev–Trinajstić information content (AvgIpc) is 2.69. The third-order valence-corrected chi connectivity index (χ3v) is 7.34. The summed E-state index contributed by atoms with van der Waals surface area (Å²) in [4.78, 5) is 23.7. The molecule has 0 spiro atoms. The minimum Gasteiger partial charge on any atom is -0.423 e. The molecule has 2 unspecified atom stereocenters. The predicted octanol–water partition coefficient (Wildman–Crippen LogP) is 5.40. The zero-order valence-corrected chi connectivity index (χ0v) is 18.3. The van der Waals surface area contributed by atoms with Gasteiger partial charge in [-0.25, -0.2) is 13.6 Å². The summed E-state index contributed by atoms with van der Waals surface area (Å²) < 4.78 is 45.8. The van der Waals surface area contributed by atoms with Crippen molar-refractivity contribution in [3.05, 3.63) is 40.8 Å². The number of para-hydroxylation sites is 1. The number of rotatable bonds is 11. The Hall–Kier alpha value is -1.54. The fourth-order valence-electron chi connectivity index (χ4n) is 2.78. The minimum absolute atomic E-state index is 0.0459. The third kappa shape index (κ3) is 7.33. The summed E-state index contributed by atoms with van der Waals surface area (Å²) in [6.07, 6.45) is 0.415. The molecule has 29 heavy (non-hydrogen) atoms. The standard InChI is InChI=1S/C21H26F2O4S2/c1-3-15(2)20(25)28-12-6-10-21(22,23)11-7-13-29(26)18-14-19(24)27-17-9-5-4-8-16(17)18/h4-5,8-9,14-15H,3,6-7,10-13H2,1-2H3. The minimum atomic E-state index is -2.86. The van der Waals surface area contributed by atoms with Gasteiger partial charge in [0.15, 0.2) is 5.12 Å². The quantitative estimate of drug-likeness (QED) is 0.343. The van der Waals surface area contributed by atoms with E-state index in [1.54, 1.807) is 24.3 Å². The van der Waals surface area contributed by atoms with Gasteiger partial charge in [-0.05, 0) is 25.3 Å². The van der Waals surface area contributed by atoms with Gasteiger partial charge in [-0.15, -0.1) is 0 Å². The van der Waals surface area contributed by atoms with Crippen molar-refractivity contribution in [2.75, 3.05) is 11.5 Å². The molecule has 0 aliphatic rings. The van der Waals surface area contributed by atoms with Crippen LogP contribution in [-0.4, -0.2) is 26.8 Å². The molecular formula is C21H26F2O4S2. The molecule has 1 heterocycles. The van der Waals surface area contributed by atoms with Crippen LogP contribution in [0.3, 0.4) is 0 Å². The summed E-state index contributed by atoms with van der Waals surface area (Å²) in [5.41, 5.74) is -0.278. The Morgan fingerprint density at radius 2 is 1.93 bits per heavy atom. The van der Waals surface area contributed by atoms with Crippen molar-refractivity contribution in [3.8, 4) is 0 Å². The Morgan fingerprint density at radius 1 is 1.24 bits per heavy atom. The van der Waals surface area contributed by atoms with Crippen LogP contribution >= 0.6 is 11.8 Å². The van der Waals surface area contributed by atoms with E-state index in [-0.39, 0.29) is 42.5 Å². The van der Waals surface area contributed by atoms with Gasteiger partial charge in [0, 0.05) is 41.7 Å². The number of alkyl halides is 2. The second-order valence-electron chi connectivity index (χ2n) is 7.02. The highest BCUT2D eigenvalue weighted by atomic mass is 32.2. The van der Waals surface area contributed by atoms with Gasteiger partial charge < -0.3 is 4.42 Å². The van der Waals surface area contributed by atoms with Gasteiger partial charge in [0.2, 0.25) is 5.92 Å². The van der Waals surface area contributed by atoms with E-state index in [9.17, 15) is 22.6 Å². The number of thioether (sulfide) groups is 1. The molecule has 8 heteroatoms. The third-order valence-electron chi connectivity index (χ3n) is 4.68. The van der Waals surface area contributed by atoms with E-state index in [0.717, 1.165) is 18.2 Å². The fraction of sp³-hybridized carbons (Fsp3) is 0.524. The van der Waals surface area contributed by atoms with Gasteiger partial charge in [0.05, 0.1) is 15.7 Å². The molecule has 0 fully saturated rings. The number of fused-ring (bicyclic) bond motifs is 1. The lowest BCUT2D eigenvalue weighted by Crippen LogP contribution is -2.18. The van der Waals surface area contributed by atoms with Gasteiger partial charge in [-0.2, -0.15) is 0 Å². The first-order valence-corrected chi connectivity index (χ1v) is 12.0. The molecule has 0 aliphatic carbocycles. The topological polar surface area (TPSA) is 64.3 Å². The summed E-state index contributed by atoms with van der Waals surface area (Å²) in [6.45, 7) is 3.76. The molecular weight excluding hydrogens is 418 g/mol. The van der Waals surface area contributed by atoms with Gasteiger partial charge in [0.1, 0.15) is 5.58 Å². The van der Waals surface area contributed by atoms with Crippen LogP contribution in [0.5, 0.6) is 0 Å². The fourth-order valence-corrected chi connectivity index (χ4v) is 4.99. The average molecular weight is 445 g/mol. The molecule has 0 aliphatic heterocycles. The van der Waals surface area contributed by atoms with Crippen molar-refractivity contribution < 1.29 is 22.2 Å². The Bertz CT molecular complexity index is 911. The summed E-state index contributed by atoms with van der Waals surface area (Å²) >= 11 is 1.12. The SMILES string of the molecule is CCC(C)C(=O)SCCCC(F)(F)CCCS(=O)c1cc(=O)oc2ccccc12. The Morgan fingerprint density at radius 3 is 2.66 bits per heavy atom. The highest BCUT2D eigenvalue weighted by molar-refractivity contribution is 8.13. The second kappa shape index (κ2) is 11.0. The number of halogens is 2. The van der Waals surface area contributed by atoms with Gasteiger partial charge in [0.25, 0.3) is 0 Å². The van der Waals surface area contributed by atoms with E-state index in [1.807, 2.05) is 13.8 Å². The highest BCUT2D eigenvalue weighted by Crippen LogP contribution is 2.28. The molecule has 0 amide bonds. The Labute approximate surface area is 175 Å². The lowest BCUT2D eigenvalue weighted by Gasteiger charge is -2.16. The molecule has 0 N–H and O–H groups in total. The number of carbonyl (C=O) groups is 1. The number of hydrogen-bond donors (Lipinski definition) is 0. The number of carbonyl (C=O) groups excluding carboxylic acids is 1. The largest absolute Gasteiger partial charge is 0.423 e. The van der Waals surface area contributed by atoms with E-state index in [4.69, 9.17) is 4.42 Å². The van der Waals surface area contributed by atoms with Crippen molar-refractivity contribution in [1.82, 2.24) is 0 Å². The van der Waals surface area contributed by atoms with E-state index < -0.39 is 22.3 Å². The van der Waals surface area contributed by atoms with Crippen molar-refractivity contribution in [2.45, 2.75) is 56.8 Å². The zero-order valence-electron chi connectivity index (χ0n) is 16.6. The summed E-state index contributed by atoms with van der Waals surface area (Å²) in [6, 6.07) is 7.91. The maximum Gasteiger partial charge on any atom is 0.337 e. The second-order valence-corrected chi connectivity index (χ2v) is 9.65. The van der Waals surface area contributed by atoms with Crippen LogP contribution < -0.4 is 5.63 Å². The normalized spacial score (nSPS) is 14.1. The van der Waals surface area contributed by atoms with Crippen molar-refractivity contribution in [2.24, 2.45) is 5.92 Å². The van der Waals surface area contributed by atoms with Crippen LogP contribution in [0.1, 0.15) is 46.0 Å². The molecule has 2 rings (SSSR count). The summed E-state index contributed by atoms with van der Waals surface area (Å²) in [5.74, 6) is -2.48. The zero-order chi connectivity index (χ0) is 21.4. The maximum absolute atomic E-state index is 14.1. The summed E-state index contributed by atoms with van der Waals surface area (Å²) in [7, 11) is -1.56. The molecule has 0 bridgehead atoms. The van der Waals surface area contributed by atoms with Crippen molar-refractivity contribution in [3.63, 3.8) is 0 Å². The number of hydrogen-bond acceptors (Lipinski definition) is 5. The van der Waals surface area contributed by atoms with E-state index in [1.165, 1.54) is 6.07 Å². The first kappa shape index (κ1) is 23.7. The molecule has 1 aromatic heterocycles. The van der Waals surface area contributed by atoms with E-state index in [0.29, 0.717) is 21.6 Å². The number of benzene rings is 1. The van der Waals surface area contributed by atoms with Crippen LogP contribution in [0.25, 0.3) is 11.0 Å². The van der Waals surface area contributed by atoms with E-state index in [2.05, 4.69) is 0 Å². The highest BCUT2D eigenvalue weighted by Gasteiger charge is 2.28. The Balaban J connectivity index is 1.82. The first-order valence-electron chi connectivity index (χ1n) is 9.69. The van der Waals surface area contributed by atoms with Gasteiger partial charge in [-0.1, -0.05) is 43.8 Å². The van der Waals surface area contributed by atoms with Crippen LogP contribution in [0, 0.1) is 5.92 Å². The lowest BCUT2D eigenvalue weighted by molar-refractivity contribution is -0.114. The monoisotopic (exact) mass is 444 g/mol. The smallest absolute Gasteiger partial charge is 0.337 e. The molecule has 4 nitrogen and oxygen atoms in total. The molecule has 160 valence electrons. The lowest BCUT2D eigenvalue weighted by atomic mass is 10.1. The van der Waals surface area contributed by atoms with Crippen LogP contribution in [-0.2, 0) is 15.6 Å². The molecule has 1 aromatic carbocycles. The van der Waals surface area contributed by atoms with Crippen LogP contribution in [0.4, 0.5) is 8.78 Å². The Kier molecular flexibility index (Phi) is 9.02. The predicted molar refractivity (Wildman–Crippen MR) is 114 cm³/mol. The molecule has 0 saturated heterocycles. The van der Waals surface area contributed by atoms with Gasteiger partial charge in [-0.3, -0.25) is 9.00 Å².